The van der Waals surface area contributed by atoms with Crippen molar-refractivity contribution in [1.82, 2.24) is 5.32 Å². The van der Waals surface area contributed by atoms with E-state index in [4.69, 9.17) is 13.9 Å². The topological polar surface area (TPSA) is 43.6 Å². The normalized spacial score (nSPS) is 26.8. The summed E-state index contributed by atoms with van der Waals surface area (Å²) < 4.78 is 17.6. The van der Waals surface area contributed by atoms with Crippen LogP contribution in [0.2, 0.25) is 0 Å². The average molecular weight is 345 g/mol. The highest BCUT2D eigenvalue weighted by Gasteiger charge is 2.40. The van der Waals surface area contributed by atoms with Crippen LogP contribution >= 0.6 is 11.8 Å². The van der Waals surface area contributed by atoms with E-state index in [1.54, 1.807) is 0 Å². The summed E-state index contributed by atoms with van der Waals surface area (Å²) in [7, 11) is 0. The van der Waals surface area contributed by atoms with E-state index in [0.29, 0.717) is 12.0 Å². The molecule has 2 atom stereocenters. The summed E-state index contributed by atoms with van der Waals surface area (Å²) in [5, 5.41) is 3.63. The van der Waals surface area contributed by atoms with Crippen molar-refractivity contribution >= 4 is 11.8 Å². The van der Waals surface area contributed by atoms with Crippen LogP contribution in [0.1, 0.15) is 25.0 Å². The van der Waals surface area contributed by atoms with Gasteiger partial charge in [-0.2, -0.15) is 11.8 Å². The van der Waals surface area contributed by atoms with Crippen LogP contribution in [-0.4, -0.2) is 29.8 Å². The first kappa shape index (κ1) is 16.1. The lowest BCUT2D eigenvalue weighted by atomic mass is 9.90. The van der Waals surface area contributed by atoms with E-state index in [2.05, 4.69) is 5.32 Å². The average Bonchev–Trinajstić information content (AvgIpc) is 3.24. The first-order chi connectivity index (χ1) is 11.8. The minimum absolute atomic E-state index is 0.116. The minimum atomic E-state index is 0.116. The highest BCUT2D eigenvalue weighted by atomic mass is 32.2. The van der Waals surface area contributed by atoms with Gasteiger partial charge in [-0.3, -0.25) is 0 Å². The largest absolute Gasteiger partial charge is 0.429 e. The highest BCUT2D eigenvalue weighted by Crippen LogP contribution is 2.38. The zero-order chi connectivity index (χ0) is 16.2. The molecule has 0 saturated carbocycles. The number of nitrogens with one attached hydrogen (secondary N) is 1. The third-order valence-electron chi connectivity index (χ3n) is 4.72. The molecule has 1 aromatic carbocycles. The molecule has 0 aliphatic carbocycles. The van der Waals surface area contributed by atoms with Gasteiger partial charge in [0.2, 0.25) is 0 Å². The van der Waals surface area contributed by atoms with E-state index in [9.17, 15) is 0 Å². The van der Waals surface area contributed by atoms with Crippen LogP contribution in [0.25, 0.3) is 0 Å². The third kappa shape index (κ3) is 3.79. The van der Waals surface area contributed by atoms with Gasteiger partial charge in [-0.25, -0.2) is 0 Å². The van der Waals surface area contributed by atoms with E-state index in [1.807, 2.05) is 54.2 Å². The molecule has 0 bridgehead atoms. The van der Waals surface area contributed by atoms with Gasteiger partial charge in [0.1, 0.15) is 11.5 Å². The SMILES string of the molecule is c1ccc(Oc2ccc(CN[C@H]3CCO[C@]4(CCSC4)C3)o2)cc1. The van der Waals surface area contributed by atoms with Crippen LogP contribution in [0, 0.1) is 0 Å². The standard InChI is InChI=1S/C19H23NO3S/c1-2-4-16(5-3-1)22-18-7-6-17(23-18)13-20-15-8-10-21-19(12-15)9-11-24-14-19/h1-7,15,20H,8-14H2/t15-,19+/m0/s1. The van der Waals surface area contributed by atoms with Gasteiger partial charge in [-0.15, -0.1) is 0 Å². The van der Waals surface area contributed by atoms with Gasteiger partial charge in [0.25, 0.3) is 5.95 Å². The molecule has 0 unspecified atom stereocenters. The second-order valence-corrected chi connectivity index (χ2v) is 7.65. The van der Waals surface area contributed by atoms with Crippen molar-refractivity contribution in [3.63, 3.8) is 0 Å². The molecule has 5 heteroatoms. The Labute approximate surface area is 146 Å². The summed E-state index contributed by atoms with van der Waals surface area (Å²) >= 11 is 2.01. The van der Waals surface area contributed by atoms with Crippen molar-refractivity contribution in [2.75, 3.05) is 18.1 Å². The van der Waals surface area contributed by atoms with E-state index < -0.39 is 0 Å². The van der Waals surface area contributed by atoms with Crippen molar-refractivity contribution in [1.29, 1.82) is 0 Å². The lowest BCUT2D eigenvalue weighted by Gasteiger charge is -2.38. The summed E-state index contributed by atoms with van der Waals surface area (Å²) in [6.07, 6.45) is 3.36. The number of rotatable bonds is 5. The van der Waals surface area contributed by atoms with Gasteiger partial charge < -0.3 is 19.2 Å². The van der Waals surface area contributed by atoms with Crippen LogP contribution < -0.4 is 10.1 Å². The van der Waals surface area contributed by atoms with Crippen molar-refractivity contribution in [3.05, 3.63) is 48.2 Å². The smallest absolute Gasteiger partial charge is 0.290 e. The van der Waals surface area contributed by atoms with Crippen molar-refractivity contribution < 1.29 is 13.9 Å². The second kappa shape index (κ2) is 7.21. The Morgan fingerprint density at radius 2 is 2.12 bits per heavy atom. The number of benzene rings is 1. The van der Waals surface area contributed by atoms with E-state index in [-0.39, 0.29) is 5.60 Å². The molecule has 1 N–H and O–H groups in total. The predicted molar refractivity (Wildman–Crippen MR) is 95.7 cm³/mol. The van der Waals surface area contributed by atoms with Crippen molar-refractivity contribution in [3.8, 4) is 11.7 Å². The summed E-state index contributed by atoms with van der Waals surface area (Å²) in [5.74, 6) is 4.60. The molecular weight excluding hydrogens is 322 g/mol. The van der Waals surface area contributed by atoms with Crippen LogP contribution in [0.4, 0.5) is 0 Å². The maximum absolute atomic E-state index is 6.07. The molecule has 0 amide bonds. The zero-order valence-corrected chi connectivity index (χ0v) is 14.5. The number of hydrogen-bond donors (Lipinski definition) is 1. The Bertz CT molecular complexity index is 652. The molecule has 1 spiro atoms. The molecular formula is C19H23NO3S. The Morgan fingerprint density at radius 3 is 2.96 bits per heavy atom. The van der Waals surface area contributed by atoms with E-state index in [0.717, 1.165) is 43.3 Å². The number of furan rings is 1. The monoisotopic (exact) mass is 345 g/mol. The number of hydrogen-bond acceptors (Lipinski definition) is 5. The van der Waals surface area contributed by atoms with Gasteiger partial charge in [0.05, 0.1) is 12.1 Å². The molecule has 2 saturated heterocycles. The van der Waals surface area contributed by atoms with E-state index >= 15 is 0 Å². The highest BCUT2D eigenvalue weighted by molar-refractivity contribution is 7.99. The Morgan fingerprint density at radius 1 is 1.21 bits per heavy atom. The molecule has 24 heavy (non-hydrogen) atoms. The van der Waals surface area contributed by atoms with Gasteiger partial charge in [0, 0.05) is 24.5 Å². The summed E-state index contributed by atoms with van der Waals surface area (Å²) in [5.41, 5.74) is 0.116. The molecule has 2 aliphatic rings. The molecule has 0 radical (unpaired) electrons. The van der Waals surface area contributed by atoms with Crippen LogP contribution in [0.5, 0.6) is 11.7 Å². The van der Waals surface area contributed by atoms with Gasteiger partial charge in [0.15, 0.2) is 0 Å². The number of thioether (sulfide) groups is 1. The van der Waals surface area contributed by atoms with Gasteiger partial charge >= 0.3 is 0 Å². The Balaban J connectivity index is 1.30. The Hall–Kier alpha value is -1.43. The maximum Gasteiger partial charge on any atom is 0.290 e. The molecule has 3 heterocycles. The van der Waals surface area contributed by atoms with Crippen LogP contribution in [-0.2, 0) is 11.3 Å². The van der Waals surface area contributed by atoms with Crippen molar-refractivity contribution in [2.45, 2.75) is 37.5 Å². The van der Waals surface area contributed by atoms with E-state index in [1.165, 1.54) is 12.2 Å². The van der Waals surface area contributed by atoms with Gasteiger partial charge in [-0.1, -0.05) is 18.2 Å². The predicted octanol–water partition coefficient (Wildman–Crippen LogP) is 4.22. The summed E-state index contributed by atoms with van der Waals surface area (Å²) in [4.78, 5) is 0. The fraction of sp³-hybridized carbons (Fsp3) is 0.474. The molecule has 1 aromatic heterocycles. The molecule has 2 aromatic rings. The fourth-order valence-electron chi connectivity index (χ4n) is 3.42. The molecule has 2 fully saturated rings. The maximum atomic E-state index is 6.07. The molecule has 128 valence electrons. The minimum Gasteiger partial charge on any atom is -0.429 e. The van der Waals surface area contributed by atoms with Crippen LogP contribution in [0.15, 0.2) is 46.9 Å². The van der Waals surface area contributed by atoms with Crippen molar-refractivity contribution in [2.24, 2.45) is 0 Å². The number of para-hydroxylation sites is 1. The first-order valence-electron chi connectivity index (χ1n) is 8.58. The number of ether oxygens (including phenoxy) is 2. The fourth-order valence-corrected chi connectivity index (χ4v) is 4.80. The first-order valence-corrected chi connectivity index (χ1v) is 9.74. The summed E-state index contributed by atoms with van der Waals surface area (Å²) in [6.45, 7) is 1.59. The quantitative estimate of drug-likeness (QED) is 0.879. The third-order valence-corrected chi connectivity index (χ3v) is 5.95. The van der Waals surface area contributed by atoms with Crippen LogP contribution in [0.3, 0.4) is 0 Å². The molecule has 4 nitrogen and oxygen atoms in total. The molecule has 2 aliphatic heterocycles. The van der Waals surface area contributed by atoms with Gasteiger partial charge in [-0.05, 0) is 43.2 Å². The Kier molecular flexibility index (Phi) is 4.83. The zero-order valence-electron chi connectivity index (χ0n) is 13.7. The second-order valence-electron chi connectivity index (χ2n) is 6.54. The molecule has 4 rings (SSSR count). The summed E-state index contributed by atoms with van der Waals surface area (Å²) in [6, 6.07) is 14.1. The lowest BCUT2D eigenvalue weighted by molar-refractivity contribution is -0.0704. The lowest BCUT2D eigenvalue weighted by Crippen LogP contribution is -2.47.